The van der Waals surface area contributed by atoms with E-state index in [2.05, 4.69) is 0 Å². The van der Waals surface area contributed by atoms with Gasteiger partial charge in [-0.3, -0.25) is 4.79 Å². The fraction of sp³-hybridized carbons (Fsp3) is 0.296. The summed E-state index contributed by atoms with van der Waals surface area (Å²) in [4.78, 5) is 15.8. The molecule has 2 aliphatic heterocycles. The van der Waals surface area contributed by atoms with Gasteiger partial charge in [0.1, 0.15) is 11.5 Å². The minimum absolute atomic E-state index is 0.0393. The number of amides is 1. The number of carbonyl (C=O) groups excluding carboxylic acids is 1. The minimum atomic E-state index is -1.03. The van der Waals surface area contributed by atoms with E-state index in [-0.39, 0.29) is 18.1 Å². The highest BCUT2D eigenvalue weighted by Crippen LogP contribution is 2.64. The van der Waals surface area contributed by atoms with Crippen LogP contribution in [0.1, 0.15) is 42.2 Å². The fourth-order valence-electron chi connectivity index (χ4n) is 5.38. The quantitative estimate of drug-likeness (QED) is 0.619. The molecule has 1 N–H and O–H groups in total. The molecule has 4 nitrogen and oxygen atoms in total. The van der Waals surface area contributed by atoms with Gasteiger partial charge in [-0.05, 0) is 23.1 Å². The summed E-state index contributed by atoms with van der Waals surface area (Å²) in [6.07, 6.45) is -1.08. The summed E-state index contributed by atoms with van der Waals surface area (Å²) in [7, 11) is 0. The molecule has 0 radical (unpaired) electrons. The first kappa shape index (κ1) is 20.0. The van der Waals surface area contributed by atoms with Crippen molar-refractivity contribution in [3.05, 3.63) is 108 Å². The third kappa shape index (κ3) is 3.01. The van der Waals surface area contributed by atoms with Crippen molar-refractivity contribution in [2.24, 2.45) is 5.41 Å². The smallest absolute Gasteiger partial charge is 0.237 e. The van der Waals surface area contributed by atoms with Gasteiger partial charge >= 0.3 is 0 Å². The van der Waals surface area contributed by atoms with Crippen molar-refractivity contribution in [1.29, 1.82) is 0 Å². The molecule has 1 amide bonds. The number of hydrogen-bond acceptors (Lipinski definition) is 3. The number of β-lactam (4-membered cyclic amide) rings is 1. The molecule has 5 rings (SSSR count). The summed E-state index contributed by atoms with van der Waals surface area (Å²) in [5.41, 5.74) is 2.01. The van der Waals surface area contributed by atoms with Crippen LogP contribution in [-0.4, -0.2) is 28.1 Å². The van der Waals surface area contributed by atoms with E-state index < -0.39 is 17.6 Å². The Labute approximate surface area is 183 Å². The molecule has 0 aromatic heterocycles. The Hall–Kier alpha value is -2.95. The Balaban J connectivity index is 1.63. The second-order valence-corrected chi connectivity index (χ2v) is 8.48. The van der Waals surface area contributed by atoms with Gasteiger partial charge in [0.15, 0.2) is 0 Å². The van der Waals surface area contributed by atoms with E-state index in [4.69, 9.17) is 4.74 Å². The second kappa shape index (κ2) is 7.95. The first-order valence-electron chi connectivity index (χ1n) is 11.0. The van der Waals surface area contributed by atoms with Gasteiger partial charge in [-0.15, -0.1) is 0 Å². The van der Waals surface area contributed by atoms with Crippen molar-refractivity contribution in [1.82, 2.24) is 4.90 Å². The highest BCUT2D eigenvalue weighted by Gasteiger charge is 2.73. The van der Waals surface area contributed by atoms with Crippen LogP contribution < -0.4 is 0 Å². The topological polar surface area (TPSA) is 49.8 Å². The van der Waals surface area contributed by atoms with Gasteiger partial charge in [-0.25, -0.2) is 0 Å². The van der Waals surface area contributed by atoms with Gasteiger partial charge in [0.25, 0.3) is 0 Å². The molecule has 2 fully saturated rings. The lowest BCUT2D eigenvalue weighted by atomic mass is 9.60. The molecule has 1 spiro atoms. The molecule has 2 heterocycles. The van der Waals surface area contributed by atoms with Crippen LogP contribution >= 0.6 is 0 Å². The average Bonchev–Trinajstić information content (AvgIpc) is 3.14. The molecule has 2 aliphatic rings. The minimum Gasteiger partial charge on any atom is -0.389 e. The van der Waals surface area contributed by atoms with Crippen molar-refractivity contribution < 1.29 is 14.6 Å². The maximum atomic E-state index is 13.9. The van der Waals surface area contributed by atoms with Gasteiger partial charge < -0.3 is 14.7 Å². The Morgan fingerprint density at radius 3 is 2.00 bits per heavy atom. The predicted octanol–water partition coefficient (Wildman–Crippen LogP) is 4.67. The van der Waals surface area contributed by atoms with Crippen LogP contribution in [0.25, 0.3) is 0 Å². The largest absolute Gasteiger partial charge is 0.389 e. The van der Waals surface area contributed by atoms with E-state index in [1.807, 2.05) is 103 Å². The number of hydrogen-bond donors (Lipinski definition) is 1. The fourth-order valence-corrected chi connectivity index (χ4v) is 5.38. The highest BCUT2D eigenvalue weighted by molar-refractivity contribution is 5.93. The summed E-state index contributed by atoms with van der Waals surface area (Å²) in [5.74, 6) is -0.0393. The Morgan fingerprint density at radius 2 is 1.42 bits per heavy atom. The molecule has 0 aliphatic carbocycles. The van der Waals surface area contributed by atoms with E-state index in [1.54, 1.807) is 0 Å². The van der Waals surface area contributed by atoms with Crippen molar-refractivity contribution in [2.75, 3.05) is 0 Å². The van der Waals surface area contributed by atoms with Crippen molar-refractivity contribution in [2.45, 2.75) is 44.2 Å². The van der Waals surface area contributed by atoms with Crippen LogP contribution in [0.3, 0.4) is 0 Å². The SMILES string of the molecule is CC[C@@H]1O[C@@H](c2ccccc2)[C@@]2(C(=O)N(Cc3ccccc3)[C@@H]2c2ccccc2)[C@H]1O. The molecule has 0 saturated carbocycles. The van der Waals surface area contributed by atoms with Crippen LogP contribution in [0.4, 0.5) is 0 Å². The molecule has 0 bridgehead atoms. The number of ether oxygens (including phenoxy) is 1. The molecule has 31 heavy (non-hydrogen) atoms. The second-order valence-electron chi connectivity index (χ2n) is 8.48. The molecule has 0 unspecified atom stereocenters. The van der Waals surface area contributed by atoms with Crippen LogP contribution in [0.5, 0.6) is 0 Å². The first-order valence-corrected chi connectivity index (χ1v) is 11.0. The first-order chi connectivity index (χ1) is 15.2. The number of likely N-dealkylation sites (tertiary alicyclic amines) is 1. The normalized spacial score (nSPS) is 29.9. The summed E-state index contributed by atoms with van der Waals surface area (Å²) < 4.78 is 6.39. The molecule has 3 aromatic carbocycles. The Morgan fingerprint density at radius 1 is 0.871 bits per heavy atom. The molecule has 5 atom stereocenters. The van der Waals surface area contributed by atoms with Gasteiger partial charge in [-0.1, -0.05) is 97.9 Å². The van der Waals surface area contributed by atoms with E-state index in [0.717, 1.165) is 16.7 Å². The summed E-state index contributed by atoms with van der Waals surface area (Å²) in [6, 6.07) is 29.7. The molecular formula is C27H27NO3. The number of benzene rings is 3. The lowest BCUT2D eigenvalue weighted by Gasteiger charge is -2.57. The predicted molar refractivity (Wildman–Crippen MR) is 119 cm³/mol. The van der Waals surface area contributed by atoms with Crippen LogP contribution in [0, 0.1) is 5.41 Å². The number of carbonyl (C=O) groups is 1. The Bertz CT molecular complexity index is 1040. The zero-order chi connectivity index (χ0) is 21.4. The molecule has 158 valence electrons. The molecule has 4 heteroatoms. The monoisotopic (exact) mass is 413 g/mol. The maximum absolute atomic E-state index is 13.9. The Kier molecular flexibility index (Phi) is 5.12. The summed E-state index contributed by atoms with van der Waals surface area (Å²) in [5, 5.41) is 11.5. The lowest BCUT2D eigenvalue weighted by molar-refractivity contribution is -0.194. The van der Waals surface area contributed by atoms with E-state index in [9.17, 15) is 9.90 Å². The van der Waals surface area contributed by atoms with Gasteiger partial charge in [0.05, 0.1) is 18.2 Å². The standard InChI is InChI=1S/C27H27NO3/c1-2-22-24(29)27(25(31-22)21-16-10-5-11-17-21)23(20-14-8-4-9-15-20)28(26(27)30)18-19-12-6-3-7-13-19/h3-17,22-25,29H,2,18H2,1H3/t22-,23+,24-,25-,27-/m0/s1. The molecular weight excluding hydrogens is 386 g/mol. The van der Waals surface area contributed by atoms with E-state index in [0.29, 0.717) is 13.0 Å². The molecule has 3 aromatic rings. The van der Waals surface area contributed by atoms with Gasteiger partial charge in [0.2, 0.25) is 5.91 Å². The van der Waals surface area contributed by atoms with Crippen molar-refractivity contribution in [3.8, 4) is 0 Å². The number of nitrogens with zero attached hydrogens (tertiary/aromatic N) is 1. The zero-order valence-electron chi connectivity index (χ0n) is 17.6. The van der Waals surface area contributed by atoms with Crippen LogP contribution in [0.2, 0.25) is 0 Å². The zero-order valence-corrected chi connectivity index (χ0v) is 17.6. The van der Waals surface area contributed by atoms with Gasteiger partial charge in [0, 0.05) is 6.54 Å². The number of aliphatic hydroxyl groups excluding tert-OH is 1. The van der Waals surface area contributed by atoms with Crippen molar-refractivity contribution >= 4 is 5.91 Å². The van der Waals surface area contributed by atoms with E-state index in [1.165, 1.54) is 0 Å². The highest BCUT2D eigenvalue weighted by atomic mass is 16.5. The maximum Gasteiger partial charge on any atom is 0.237 e. The summed E-state index contributed by atoms with van der Waals surface area (Å²) in [6.45, 7) is 2.50. The van der Waals surface area contributed by atoms with Gasteiger partial charge in [-0.2, -0.15) is 0 Å². The van der Waals surface area contributed by atoms with Crippen LogP contribution in [0.15, 0.2) is 91.0 Å². The number of aliphatic hydroxyl groups is 1. The summed E-state index contributed by atoms with van der Waals surface area (Å²) >= 11 is 0. The third-order valence-electron chi connectivity index (χ3n) is 6.80. The average molecular weight is 414 g/mol. The van der Waals surface area contributed by atoms with Crippen LogP contribution in [-0.2, 0) is 16.1 Å². The van der Waals surface area contributed by atoms with Crippen molar-refractivity contribution in [3.63, 3.8) is 0 Å². The lowest BCUT2D eigenvalue weighted by Crippen LogP contribution is -2.68. The number of rotatable bonds is 5. The van der Waals surface area contributed by atoms with E-state index >= 15 is 0 Å². The molecule has 2 saturated heterocycles. The third-order valence-corrected chi connectivity index (χ3v) is 6.80.